The van der Waals surface area contributed by atoms with Crippen molar-refractivity contribution in [2.75, 3.05) is 20.7 Å². The predicted octanol–water partition coefficient (Wildman–Crippen LogP) is 2.68. The number of allylic oxidation sites excluding steroid dienone is 1. The molecule has 142 valence electrons. The summed E-state index contributed by atoms with van der Waals surface area (Å²) in [5, 5.41) is 9.79. The lowest BCUT2D eigenvalue weighted by Gasteiger charge is -2.28. The summed E-state index contributed by atoms with van der Waals surface area (Å²) < 4.78 is 33.4. The second-order valence-corrected chi connectivity index (χ2v) is 6.54. The largest absolute Gasteiger partial charge is 0.493 e. The normalized spacial score (nSPS) is 18.4. The molecule has 1 unspecified atom stereocenters. The first-order valence-corrected chi connectivity index (χ1v) is 8.60. The molecule has 0 saturated heterocycles. The second kappa shape index (κ2) is 5.89. The molecule has 0 bridgehead atoms. The maximum absolute atomic E-state index is 9.79. The van der Waals surface area contributed by atoms with Gasteiger partial charge in [-0.15, -0.1) is 0 Å². The fourth-order valence-corrected chi connectivity index (χ4v) is 3.81. The highest BCUT2D eigenvalue weighted by molar-refractivity contribution is 5.67. The van der Waals surface area contributed by atoms with Crippen LogP contribution in [0.3, 0.4) is 0 Å². The third-order valence-corrected chi connectivity index (χ3v) is 5.08. The van der Waals surface area contributed by atoms with Gasteiger partial charge in [0, 0.05) is 11.1 Å². The van der Waals surface area contributed by atoms with Crippen LogP contribution in [0.1, 0.15) is 22.6 Å². The Kier molecular flexibility index (Phi) is 3.46. The van der Waals surface area contributed by atoms with E-state index in [9.17, 15) is 5.26 Å². The van der Waals surface area contributed by atoms with Crippen LogP contribution < -0.4 is 34.2 Å². The van der Waals surface area contributed by atoms with Crippen molar-refractivity contribution in [3.8, 4) is 40.6 Å². The number of hydrogen-bond acceptors (Lipinski definition) is 8. The molecule has 0 radical (unpaired) electrons. The molecule has 2 aromatic carbocycles. The van der Waals surface area contributed by atoms with Crippen LogP contribution >= 0.6 is 0 Å². The number of nitriles is 1. The van der Waals surface area contributed by atoms with E-state index in [1.165, 1.54) is 0 Å². The first-order valence-electron chi connectivity index (χ1n) is 8.60. The van der Waals surface area contributed by atoms with E-state index in [0.717, 1.165) is 16.7 Å². The van der Waals surface area contributed by atoms with Gasteiger partial charge in [0.1, 0.15) is 17.4 Å². The summed E-state index contributed by atoms with van der Waals surface area (Å²) >= 11 is 0. The number of nitrogens with zero attached hydrogens (tertiary/aromatic N) is 1. The predicted molar refractivity (Wildman–Crippen MR) is 95.7 cm³/mol. The topological polar surface area (TPSA) is 105 Å². The van der Waals surface area contributed by atoms with E-state index < -0.39 is 5.92 Å². The van der Waals surface area contributed by atoms with Gasteiger partial charge in [-0.25, -0.2) is 0 Å². The van der Waals surface area contributed by atoms with Crippen molar-refractivity contribution in [2.45, 2.75) is 12.8 Å². The maximum Gasteiger partial charge on any atom is 0.231 e. The van der Waals surface area contributed by atoms with E-state index in [4.69, 9.17) is 34.2 Å². The van der Waals surface area contributed by atoms with Crippen molar-refractivity contribution >= 4 is 0 Å². The molecule has 0 spiro atoms. The highest BCUT2D eigenvalue weighted by Gasteiger charge is 2.36. The van der Waals surface area contributed by atoms with Crippen LogP contribution in [0, 0.1) is 18.3 Å². The summed E-state index contributed by atoms with van der Waals surface area (Å²) in [7, 11) is 1.55. The van der Waals surface area contributed by atoms with E-state index >= 15 is 0 Å². The van der Waals surface area contributed by atoms with Crippen LogP contribution in [0.4, 0.5) is 0 Å². The molecule has 0 amide bonds. The van der Waals surface area contributed by atoms with E-state index in [1.807, 2.05) is 25.1 Å². The molecule has 5 rings (SSSR count). The molecule has 0 saturated carbocycles. The average Bonchev–Trinajstić information content (AvgIpc) is 3.36. The van der Waals surface area contributed by atoms with Crippen LogP contribution in [0.25, 0.3) is 0 Å². The summed E-state index contributed by atoms with van der Waals surface area (Å²) in [5.74, 6) is 2.97. The highest BCUT2D eigenvalue weighted by atomic mass is 16.7. The van der Waals surface area contributed by atoms with E-state index in [-0.39, 0.29) is 19.5 Å². The van der Waals surface area contributed by atoms with Gasteiger partial charge in [-0.2, -0.15) is 5.26 Å². The number of ether oxygens (including phenoxy) is 6. The Morgan fingerprint density at radius 3 is 2.46 bits per heavy atom. The maximum atomic E-state index is 9.79. The molecular weight excluding hydrogens is 364 g/mol. The van der Waals surface area contributed by atoms with Gasteiger partial charge in [0.25, 0.3) is 0 Å². The Hall–Kier alpha value is -3.73. The molecule has 3 aliphatic heterocycles. The van der Waals surface area contributed by atoms with Gasteiger partial charge in [0.05, 0.1) is 13.0 Å². The number of rotatable bonds is 2. The number of methoxy groups -OCH3 is 1. The third kappa shape index (κ3) is 2.16. The number of benzene rings is 2. The Labute approximate surface area is 160 Å². The zero-order chi connectivity index (χ0) is 19.4. The van der Waals surface area contributed by atoms with Crippen molar-refractivity contribution in [1.82, 2.24) is 0 Å². The van der Waals surface area contributed by atoms with Gasteiger partial charge in [-0.3, -0.25) is 0 Å². The molecule has 2 aromatic rings. The molecule has 8 nitrogen and oxygen atoms in total. The van der Waals surface area contributed by atoms with Crippen molar-refractivity contribution in [2.24, 2.45) is 5.73 Å². The molecule has 3 aliphatic rings. The lowest BCUT2D eigenvalue weighted by molar-refractivity contribution is 0.171. The average molecular weight is 380 g/mol. The van der Waals surface area contributed by atoms with E-state index in [2.05, 4.69) is 6.07 Å². The number of fused-ring (bicyclic) bond motifs is 3. The summed E-state index contributed by atoms with van der Waals surface area (Å²) in [6.45, 7) is 2.12. The monoisotopic (exact) mass is 380 g/mol. The highest BCUT2D eigenvalue weighted by Crippen LogP contribution is 2.52. The van der Waals surface area contributed by atoms with Gasteiger partial charge in [-0.1, -0.05) is 0 Å². The smallest absolute Gasteiger partial charge is 0.231 e. The Morgan fingerprint density at radius 1 is 1.04 bits per heavy atom. The molecule has 0 aliphatic carbocycles. The molecule has 28 heavy (non-hydrogen) atoms. The van der Waals surface area contributed by atoms with Crippen molar-refractivity contribution in [3.63, 3.8) is 0 Å². The SMILES string of the molecule is COc1cc(C2C(C#N)=C(N)Oc3c2cc2c(c3C)OCO2)cc2c1OCO2. The first kappa shape index (κ1) is 16.4. The van der Waals surface area contributed by atoms with Gasteiger partial charge in [-0.05, 0) is 30.7 Å². The Morgan fingerprint density at radius 2 is 1.75 bits per heavy atom. The Balaban J connectivity index is 1.76. The zero-order valence-corrected chi connectivity index (χ0v) is 15.2. The lowest BCUT2D eigenvalue weighted by Crippen LogP contribution is -2.21. The lowest BCUT2D eigenvalue weighted by atomic mass is 9.82. The molecule has 3 heterocycles. The van der Waals surface area contributed by atoms with Gasteiger partial charge in [0.2, 0.25) is 25.2 Å². The quantitative estimate of drug-likeness (QED) is 0.848. The summed E-state index contributed by atoms with van der Waals surface area (Å²) in [6, 6.07) is 7.66. The molecule has 0 fully saturated rings. The molecule has 8 heteroatoms. The second-order valence-electron chi connectivity index (χ2n) is 6.54. The first-order chi connectivity index (χ1) is 13.6. The van der Waals surface area contributed by atoms with E-state index in [0.29, 0.717) is 40.1 Å². The number of hydrogen-bond donors (Lipinski definition) is 1. The van der Waals surface area contributed by atoms with Gasteiger partial charge in [0.15, 0.2) is 23.0 Å². The van der Waals surface area contributed by atoms with Crippen LogP contribution in [-0.4, -0.2) is 20.7 Å². The molecule has 2 N–H and O–H groups in total. The summed E-state index contributed by atoms with van der Waals surface area (Å²) in [4.78, 5) is 0. The van der Waals surface area contributed by atoms with Crippen molar-refractivity contribution in [1.29, 1.82) is 5.26 Å². The number of nitrogens with two attached hydrogens (primary N) is 1. The van der Waals surface area contributed by atoms with Crippen molar-refractivity contribution < 1.29 is 28.4 Å². The minimum atomic E-state index is -0.481. The van der Waals surface area contributed by atoms with Crippen LogP contribution in [0.5, 0.6) is 34.5 Å². The molecule has 1 atom stereocenters. The fraction of sp³-hybridized carbons (Fsp3) is 0.250. The van der Waals surface area contributed by atoms with Crippen LogP contribution in [0.15, 0.2) is 29.7 Å². The van der Waals surface area contributed by atoms with Crippen molar-refractivity contribution in [3.05, 3.63) is 46.3 Å². The van der Waals surface area contributed by atoms with Gasteiger partial charge < -0.3 is 34.2 Å². The summed E-state index contributed by atoms with van der Waals surface area (Å²) in [6.07, 6.45) is 0. The van der Waals surface area contributed by atoms with Crippen LogP contribution in [-0.2, 0) is 0 Å². The minimum Gasteiger partial charge on any atom is -0.493 e. The van der Waals surface area contributed by atoms with E-state index in [1.54, 1.807) is 7.11 Å². The zero-order valence-electron chi connectivity index (χ0n) is 15.2. The molecular formula is C20H16N2O6. The van der Waals surface area contributed by atoms with Gasteiger partial charge >= 0.3 is 0 Å². The van der Waals surface area contributed by atoms with Crippen LogP contribution in [0.2, 0.25) is 0 Å². The standard InChI is InChI=1S/C20H16N2O6/c1-9-17-11(5-15-18(9)26-7-25-15)16(12(6-21)20(22)28-17)10-3-13(23-2)19-14(4-10)24-8-27-19/h3-5,16H,7-8,22H2,1-2H3. The summed E-state index contributed by atoms with van der Waals surface area (Å²) in [5.41, 5.74) is 8.69. The molecule has 0 aromatic heterocycles. The fourth-order valence-electron chi connectivity index (χ4n) is 3.81. The minimum absolute atomic E-state index is 0.0543. The Bertz CT molecular complexity index is 1090. The third-order valence-electron chi connectivity index (χ3n) is 5.08.